The maximum Gasteiger partial charge on any atom is 0.0409 e. The van der Waals surface area contributed by atoms with Gasteiger partial charge >= 0.3 is 0 Å². The first-order valence-corrected chi connectivity index (χ1v) is 4.21. The molecule has 1 aromatic rings. The van der Waals surface area contributed by atoms with E-state index in [1.165, 1.54) is 5.56 Å². The van der Waals surface area contributed by atoms with Crippen molar-refractivity contribution in [1.29, 1.82) is 0 Å². The third kappa shape index (κ3) is 3.22. The Kier molecular flexibility index (Phi) is 3.53. The summed E-state index contributed by atoms with van der Waals surface area (Å²) in [7, 11) is 3.93. The Hall–Kier alpha value is -0.570. The van der Waals surface area contributed by atoms with Gasteiger partial charge in [0, 0.05) is 25.7 Å². The summed E-state index contributed by atoms with van der Waals surface area (Å²) in [6.45, 7) is 0.813. The minimum Gasteiger partial charge on any atom is -0.251 e. The van der Waals surface area contributed by atoms with Crippen molar-refractivity contribution in [3.05, 3.63) is 34.9 Å². The number of benzene rings is 1. The summed E-state index contributed by atoms with van der Waals surface area (Å²) >= 11 is 5.82. The smallest absolute Gasteiger partial charge is 0.0409 e. The number of hydrogen-bond acceptors (Lipinski definition) is 2. The predicted octanol–water partition coefficient (Wildman–Crippen LogP) is 1.91. The van der Waals surface area contributed by atoms with Crippen LogP contribution in [0.4, 0.5) is 0 Å². The molecule has 0 radical (unpaired) electrons. The highest BCUT2D eigenvalue weighted by Crippen LogP contribution is 2.09. The van der Waals surface area contributed by atoms with Gasteiger partial charge in [-0.15, -0.1) is 0 Å². The van der Waals surface area contributed by atoms with E-state index in [1.807, 2.05) is 43.4 Å². The number of halogens is 1. The first kappa shape index (κ1) is 9.52. The zero-order valence-electron chi connectivity index (χ0n) is 7.34. The summed E-state index contributed by atoms with van der Waals surface area (Å²) < 4.78 is 0. The molecule has 1 rings (SSSR count). The fourth-order valence-corrected chi connectivity index (χ4v) is 1.11. The van der Waals surface area contributed by atoms with Crippen molar-refractivity contribution in [2.45, 2.75) is 6.54 Å². The molecular formula is C9H13ClN2. The summed E-state index contributed by atoms with van der Waals surface area (Å²) in [4.78, 5) is 0. The summed E-state index contributed by atoms with van der Waals surface area (Å²) in [6.07, 6.45) is 0. The molecule has 2 nitrogen and oxygen atoms in total. The molecule has 0 saturated carbocycles. The quantitative estimate of drug-likeness (QED) is 0.722. The van der Waals surface area contributed by atoms with Crippen LogP contribution >= 0.6 is 11.6 Å². The Morgan fingerprint density at radius 3 is 2.75 bits per heavy atom. The van der Waals surface area contributed by atoms with E-state index >= 15 is 0 Å². The Labute approximate surface area is 78.1 Å². The Morgan fingerprint density at radius 1 is 1.42 bits per heavy atom. The second-order valence-electron chi connectivity index (χ2n) is 2.86. The van der Waals surface area contributed by atoms with E-state index in [0.29, 0.717) is 0 Å². The second kappa shape index (κ2) is 4.45. The zero-order chi connectivity index (χ0) is 8.97. The number of hydrazine groups is 1. The highest BCUT2D eigenvalue weighted by Gasteiger charge is 1.93. The van der Waals surface area contributed by atoms with Crippen LogP contribution in [-0.4, -0.2) is 19.1 Å². The lowest BCUT2D eigenvalue weighted by Gasteiger charge is -2.11. The lowest BCUT2D eigenvalue weighted by atomic mass is 10.2. The van der Waals surface area contributed by atoms with E-state index in [0.717, 1.165) is 11.6 Å². The minimum absolute atomic E-state index is 0.785. The molecule has 0 atom stereocenters. The molecule has 0 heterocycles. The van der Waals surface area contributed by atoms with Crippen molar-refractivity contribution in [2.75, 3.05) is 14.1 Å². The van der Waals surface area contributed by atoms with Crippen molar-refractivity contribution < 1.29 is 0 Å². The monoisotopic (exact) mass is 184 g/mol. The molecule has 1 aromatic carbocycles. The fourth-order valence-electron chi connectivity index (χ4n) is 0.896. The molecule has 0 aliphatic heterocycles. The van der Waals surface area contributed by atoms with E-state index in [9.17, 15) is 0 Å². The molecule has 1 N–H and O–H groups in total. The van der Waals surface area contributed by atoms with Crippen LogP contribution in [-0.2, 0) is 6.54 Å². The first-order valence-electron chi connectivity index (χ1n) is 3.84. The van der Waals surface area contributed by atoms with Gasteiger partial charge in [-0.05, 0) is 17.7 Å². The molecule has 3 heteroatoms. The predicted molar refractivity (Wildman–Crippen MR) is 52.0 cm³/mol. The first-order chi connectivity index (χ1) is 5.68. The van der Waals surface area contributed by atoms with Gasteiger partial charge in [0.2, 0.25) is 0 Å². The average molecular weight is 185 g/mol. The van der Waals surface area contributed by atoms with Gasteiger partial charge in [-0.2, -0.15) is 0 Å². The largest absolute Gasteiger partial charge is 0.251 e. The molecule has 0 aromatic heterocycles. The van der Waals surface area contributed by atoms with Crippen molar-refractivity contribution in [3.8, 4) is 0 Å². The van der Waals surface area contributed by atoms with E-state index in [4.69, 9.17) is 11.6 Å². The van der Waals surface area contributed by atoms with Gasteiger partial charge in [0.25, 0.3) is 0 Å². The zero-order valence-corrected chi connectivity index (χ0v) is 8.10. The number of nitrogens with one attached hydrogen (secondary N) is 1. The molecule has 66 valence electrons. The molecule has 0 aliphatic rings. The SMILES string of the molecule is CN(C)NCc1cccc(Cl)c1. The van der Waals surface area contributed by atoms with Gasteiger partial charge < -0.3 is 0 Å². The topological polar surface area (TPSA) is 15.3 Å². The lowest BCUT2D eigenvalue weighted by molar-refractivity contribution is 0.286. The van der Waals surface area contributed by atoms with Crippen molar-refractivity contribution >= 4 is 11.6 Å². The normalized spacial score (nSPS) is 10.7. The van der Waals surface area contributed by atoms with Crippen LogP contribution in [0.3, 0.4) is 0 Å². The molecule has 0 amide bonds. The van der Waals surface area contributed by atoms with Crippen LogP contribution in [0.5, 0.6) is 0 Å². The standard InChI is InChI=1S/C9H13ClN2/c1-12(2)11-7-8-4-3-5-9(10)6-8/h3-6,11H,7H2,1-2H3. The van der Waals surface area contributed by atoms with Crippen molar-refractivity contribution in [3.63, 3.8) is 0 Å². The average Bonchev–Trinajstić information content (AvgIpc) is 2.01. The minimum atomic E-state index is 0.785. The van der Waals surface area contributed by atoms with E-state index in [1.54, 1.807) is 0 Å². The van der Waals surface area contributed by atoms with Crippen LogP contribution in [0.25, 0.3) is 0 Å². The molecule has 0 bridgehead atoms. The molecule has 0 fully saturated rings. The maximum absolute atomic E-state index is 5.82. The van der Waals surface area contributed by atoms with Crippen LogP contribution < -0.4 is 5.43 Å². The third-order valence-corrected chi connectivity index (χ3v) is 1.72. The van der Waals surface area contributed by atoms with E-state index in [2.05, 4.69) is 5.43 Å². The fraction of sp³-hybridized carbons (Fsp3) is 0.333. The van der Waals surface area contributed by atoms with E-state index < -0.39 is 0 Å². The molecule has 0 aliphatic carbocycles. The molecule has 0 saturated heterocycles. The van der Waals surface area contributed by atoms with E-state index in [-0.39, 0.29) is 0 Å². The molecule has 0 unspecified atom stereocenters. The molecule has 12 heavy (non-hydrogen) atoms. The molecule has 0 spiro atoms. The van der Waals surface area contributed by atoms with Crippen LogP contribution in [0.15, 0.2) is 24.3 Å². The summed E-state index contributed by atoms with van der Waals surface area (Å²) in [6, 6.07) is 7.83. The van der Waals surface area contributed by atoms with Crippen LogP contribution in [0, 0.1) is 0 Å². The Balaban J connectivity index is 2.52. The second-order valence-corrected chi connectivity index (χ2v) is 3.30. The number of nitrogens with zero attached hydrogens (tertiary/aromatic N) is 1. The van der Waals surface area contributed by atoms with Crippen LogP contribution in [0.2, 0.25) is 5.02 Å². The molecular weight excluding hydrogens is 172 g/mol. The van der Waals surface area contributed by atoms with Gasteiger partial charge in [0.1, 0.15) is 0 Å². The third-order valence-electron chi connectivity index (χ3n) is 1.49. The van der Waals surface area contributed by atoms with Gasteiger partial charge in [0.15, 0.2) is 0 Å². The maximum atomic E-state index is 5.82. The van der Waals surface area contributed by atoms with Gasteiger partial charge in [-0.3, -0.25) is 10.4 Å². The number of hydrogen-bond donors (Lipinski definition) is 1. The summed E-state index contributed by atoms with van der Waals surface area (Å²) in [5, 5.41) is 2.70. The van der Waals surface area contributed by atoms with Crippen molar-refractivity contribution in [1.82, 2.24) is 10.4 Å². The van der Waals surface area contributed by atoms with Gasteiger partial charge in [0.05, 0.1) is 0 Å². The van der Waals surface area contributed by atoms with Crippen molar-refractivity contribution in [2.24, 2.45) is 0 Å². The van der Waals surface area contributed by atoms with Gasteiger partial charge in [-0.25, -0.2) is 0 Å². The highest BCUT2D eigenvalue weighted by molar-refractivity contribution is 6.30. The Bertz CT molecular complexity index is 248. The van der Waals surface area contributed by atoms with Gasteiger partial charge in [-0.1, -0.05) is 23.7 Å². The summed E-state index contributed by atoms with van der Waals surface area (Å²) in [5.41, 5.74) is 4.35. The van der Waals surface area contributed by atoms with Crippen LogP contribution in [0.1, 0.15) is 5.56 Å². The Morgan fingerprint density at radius 2 is 2.17 bits per heavy atom. The highest BCUT2D eigenvalue weighted by atomic mass is 35.5. The lowest BCUT2D eigenvalue weighted by Crippen LogP contribution is -2.29. The number of rotatable bonds is 3. The summed E-state index contributed by atoms with van der Waals surface area (Å²) in [5.74, 6) is 0.